The predicted molar refractivity (Wildman–Crippen MR) is 91.6 cm³/mol. The van der Waals surface area contributed by atoms with Crippen molar-refractivity contribution in [3.63, 3.8) is 0 Å². The molecule has 2 heterocycles. The highest BCUT2D eigenvalue weighted by Gasteiger charge is 2.29. The fourth-order valence-electron chi connectivity index (χ4n) is 3.53. The van der Waals surface area contributed by atoms with Crippen LogP contribution in [0.3, 0.4) is 0 Å². The number of methoxy groups -OCH3 is 1. The number of quaternary nitrogens is 1. The van der Waals surface area contributed by atoms with Crippen LogP contribution in [0.15, 0.2) is 22.6 Å². The van der Waals surface area contributed by atoms with E-state index >= 15 is 0 Å². The number of furan rings is 1. The molecule has 0 spiro atoms. The zero-order chi connectivity index (χ0) is 17.1. The van der Waals surface area contributed by atoms with E-state index in [0.717, 1.165) is 17.7 Å². The van der Waals surface area contributed by atoms with Crippen LogP contribution in [0.2, 0.25) is 0 Å². The van der Waals surface area contributed by atoms with E-state index in [-0.39, 0.29) is 5.97 Å². The topological polar surface area (TPSA) is 53.1 Å². The van der Waals surface area contributed by atoms with E-state index < -0.39 is 0 Å². The second-order valence-electron chi connectivity index (χ2n) is 6.46. The summed E-state index contributed by atoms with van der Waals surface area (Å²) < 4.78 is 16.6. The third-order valence-electron chi connectivity index (χ3n) is 4.92. The molecule has 1 aliphatic rings. The van der Waals surface area contributed by atoms with Crippen LogP contribution in [0.4, 0.5) is 0 Å². The molecule has 24 heavy (non-hydrogen) atoms. The van der Waals surface area contributed by atoms with Gasteiger partial charge in [0, 0.05) is 5.39 Å². The Morgan fingerprint density at radius 3 is 2.92 bits per heavy atom. The molecule has 130 valence electrons. The zero-order valence-corrected chi connectivity index (χ0v) is 14.7. The van der Waals surface area contributed by atoms with Gasteiger partial charge in [0.2, 0.25) is 0 Å². The van der Waals surface area contributed by atoms with Crippen molar-refractivity contribution in [2.45, 2.75) is 45.7 Å². The van der Waals surface area contributed by atoms with E-state index in [4.69, 9.17) is 13.9 Å². The molecule has 1 saturated heterocycles. The lowest BCUT2D eigenvalue weighted by molar-refractivity contribution is -0.942. The van der Waals surface area contributed by atoms with Gasteiger partial charge < -0.3 is 18.8 Å². The molecule has 0 amide bonds. The summed E-state index contributed by atoms with van der Waals surface area (Å²) in [5, 5.41) is 0.770. The number of carbonyl (C=O) groups excluding carboxylic acids is 1. The summed E-state index contributed by atoms with van der Waals surface area (Å²) >= 11 is 0. The molecule has 1 aromatic heterocycles. The predicted octanol–water partition coefficient (Wildman–Crippen LogP) is 2.58. The first-order valence-corrected chi connectivity index (χ1v) is 8.75. The van der Waals surface area contributed by atoms with E-state index in [1.165, 1.54) is 24.2 Å². The van der Waals surface area contributed by atoms with Gasteiger partial charge in [-0.05, 0) is 51.3 Å². The maximum Gasteiger partial charge on any atom is 0.342 e. The maximum atomic E-state index is 12.5. The molecule has 1 N–H and O–H groups in total. The second kappa shape index (κ2) is 7.26. The summed E-state index contributed by atoms with van der Waals surface area (Å²) in [6, 6.07) is 6.14. The SMILES string of the molecule is CCOC(=O)c1c(C[NH+]2CCCC[C@@H]2C)oc2ccc(OC)cc12. The number of fused-ring (bicyclic) bond motifs is 1. The number of nitrogens with one attached hydrogen (secondary N) is 1. The Morgan fingerprint density at radius 1 is 1.38 bits per heavy atom. The lowest BCUT2D eigenvalue weighted by atomic mass is 10.0. The number of piperidine rings is 1. The van der Waals surface area contributed by atoms with Crippen LogP contribution in [0.5, 0.6) is 5.75 Å². The Balaban J connectivity index is 2.01. The Kier molecular flexibility index (Phi) is 5.09. The first-order valence-electron chi connectivity index (χ1n) is 8.75. The number of hydrogen-bond donors (Lipinski definition) is 1. The van der Waals surface area contributed by atoms with Gasteiger partial charge in [0.05, 0.1) is 26.3 Å². The highest BCUT2D eigenvalue weighted by Crippen LogP contribution is 2.30. The number of carbonyl (C=O) groups is 1. The fraction of sp³-hybridized carbons (Fsp3) is 0.526. The Bertz CT molecular complexity index is 721. The molecular weight excluding hydrogens is 306 g/mol. The molecule has 1 unspecified atom stereocenters. The number of rotatable bonds is 5. The average Bonchev–Trinajstić information content (AvgIpc) is 2.94. The van der Waals surface area contributed by atoms with Crippen molar-refractivity contribution >= 4 is 16.9 Å². The standard InChI is InChI=1S/C19H25NO4/c1-4-23-19(21)18-15-11-14(22-3)8-9-16(15)24-17(18)12-20-10-6-5-7-13(20)2/h8-9,11,13H,4-7,10,12H2,1-3H3/p+1/t13-/m0/s1. The van der Waals surface area contributed by atoms with Crippen LogP contribution < -0.4 is 9.64 Å². The molecule has 0 bridgehead atoms. The molecule has 3 rings (SSSR count). The van der Waals surface area contributed by atoms with Gasteiger partial charge in [-0.25, -0.2) is 4.79 Å². The van der Waals surface area contributed by atoms with E-state index in [9.17, 15) is 4.79 Å². The summed E-state index contributed by atoms with van der Waals surface area (Å²) in [7, 11) is 1.62. The molecule has 0 aliphatic carbocycles. The van der Waals surface area contributed by atoms with Crippen molar-refractivity contribution in [1.29, 1.82) is 0 Å². The first-order chi connectivity index (χ1) is 11.6. The van der Waals surface area contributed by atoms with Crippen LogP contribution in [0.25, 0.3) is 11.0 Å². The zero-order valence-electron chi connectivity index (χ0n) is 14.7. The number of esters is 1. The lowest BCUT2D eigenvalue weighted by Crippen LogP contribution is -3.14. The maximum absolute atomic E-state index is 12.5. The average molecular weight is 332 g/mol. The highest BCUT2D eigenvalue weighted by atomic mass is 16.5. The largest absolute Gasteiger partial charge is 0.497 e. The molecule has 0 radical (unpaired) electrons. The minimum atomic E-state index is -0.316. The third-order valence-corrected chi connectivity index (χ3v) is 4.92. The van der Waals surface area contributed by atoms with Gasteiger partial charge in [-0.15, -0.1) is 0 Å². The molecule has 0 saturated carbocycles. The number of benzene rings is 1. The van der Waals surface area contributed by atoms with E-state index in [1.54, 1.807) is 7.11 Å². The smallest absolute Gasteiger partial charge is 0.342 e. The number of ether oxygens (including phenoxy) is 2. The summed E-state index contributed by atoms with van der Waals surface area (Å²) in [5.41, 5.74) is 1.26. The summed E-state index contributed by atoms with van der Waals surface area (Å²) in [6.07, 6.45) is 3.73. The van der Waals surface area contributed by atoms with Crippen LogP contribution in [0, 0.1) is 0 Å². The monoisotopic (exact) mass is 332 g/mol. The van der Waals surface area contributed by atoms with Gasteiger partial charge in [0.1, 0.15) is 23.4 Å². The summed E-state index contributed by atoms with van der Waals surface area (Å²) in [6.45, 7) is 6.26. The van der Waals surface area contributed by atoms with E-state index in [1.807, 2.05) is 25.1 Å². The minimum Gasteiger partial charge on any atom is -0.497 e. The lowest BCUT2D eigenvalue weighted by Gasteiger charge is -2.29. The van der Waals surface area contributed by atoms with Gasteiger partial charge >= 0.3 is 5.97 Å². The van der Waals surface area contributed by atoms with Gasteiger partial charge in [0.15, 0.2) is 5.76 Å². The van der Waals surface area contributed by atoms with Crippen LogP contribution in [-0.2, 0) is 11.3 Å². The fourth-order valence-corrected chi connectivity index (χ4v) is 3.53. The Morgan fingerprint density at radius 2 is 2.21 bits per heavy atom. The molecule has 2 aromatic rings. The normalized spacial score (nSPS) is 21.0. The number of hydrogen-bond acceptors (Lipinski definition) is 4. The molecule has 1 aliphatic heterocycles. The van der Waals surface area contributed by atoms with Crippen molar-refractivity contribution < 1.29 is 23.6 Å². The van der Waals surface area contributed by atoms with Gasteiger partial charge in [0.25, 0.3) is 0 Å². The first kappa shape index (κ1) is 16.8. The third kappa shape index (κ3) is 3.26. The molecule has 1 fully saturated rings. The van der Waals surface area contributed by atoms with Gasteiger partial charge in [-0.1, -0.05) is 0 Å². The molecular formula is C19H26NO4+. The van der Waals surface area contributed by atoms with E-state index in [0.29, 0.717) is 36.1 Å². The molecule has 5 heteroatoms. The highest BCUT2D eigenvalue weighted by molar-refractivity contribution is 6.04. The minimum absolute atomic E-state index is 0.316. The quantitative estimate of drug-likeness (QED) is 0.855. The van der Waals surface area contributed by atoms with Crippen LogP contribution in [0.1, 0.15) is 49.2 Å². The second-order valence-corrected chi connectivity index (χ2v) is 6.46. The van der Waals surface area contributed by atoms with Crippen molar-refractivity contribution in [1.82, 2.24) is 0 Å². The van der Waals surface area contributed by atoms with Gasteiger partial charge in [-0.2, -0.15) is 0 Å². The van der Waals surface area contributed by atoms with Crippen LogP contribution >= 0.6 is 0 Å². The molecule has 1 aromatic carbocycles. The Hall–Kier alpha value is -2.01. The van der Waals surface area contributed by atoms with Crippen molar-refractivity contribution in [3.05, 3.63) is 29.5 Å². The molecule has 2 atom stereocenters. The van der Waals surface area contributed by atoms with Crippen molar-refractivity contribution in [2.75, 3.05) is 20.3 Å². The van der Waals surface area contributed by atoms with Crippen molar-refractivity contribution in [3.8, 4) is 5.75 Å². The molecule has 5 nitrogen and oxygen atoms in total. The van der Waals surface area contributed by atoms with Crippen molar-refractivity contribution in [2.24, 2.45) is 0 Å². The van der Waals surface area contributed by atoms with E-state index in [2.05, 4.69) is 6.92 Å². The number of likely N-dealkylation sites (tertiary alicyclic amines) is 1. The van der Waals surface area contributed by atoms with Crippen LogP contribution in [-0.4, -0.2) is 32.3 Å². The Labute approximate surface area is 142 Å². The summed E-state index contributed by atoms with van der Waals surface area (Å²) in [5.74, 6) is 1.11. The van der Waals surface area contributed by atoms with Gasteiger partial charge in [-0.3, -0.25) is 0 Å². The summed E-state index contributed by atoms with van der Waals surface area (Å²) in [4.78, 5) is 14.0.